The van der Waals surface area contributed by atoms with Gasteiger partial charge in [-0.05, 0) is 37.2 Å². The van der Waals surface area contributed by atoms with E-state index in [0.717, 1.165) is 30.0 Å². The van der Waals surface area contributed by atoms with Crippen LogP contribution in [-0.2, 0) is 11.2 Å². The maximum Gasteiger partial charge on any atom is 0.227 e. The van der Waals surface area contributed by atoms with E-state index in [0.29, 0.717) is 17.5 Å². The largest absolute Gasteiger partial charge is 0.389 e. The van der Waals surface area contributed by atoms with Gasteiger partial charge in [0.2, 0.25) is 5.91 Å². The van der Waals surface area contributed by atoms with E-state index in [2.05, 4.69) is 4.90 Å². The van der Waals surface area contributed by atoms with Crippen molar-refractivity contribution in [1.29, 1.82) is 0 Å². The number of hydrogen-bond donors (Lipinski definition) is 1. The molecule has 2 aliphatic rings. The van der Waals surface area contributed by atoms with Gasteiger partial charge in [-0.25, -0.2) is 0 Å². The van der Waals surface area contributed by atoms with Crippen LogP contribution >= 0.6 is 12.2 Å². The molecule has 0 aromatic heterocycles. The van der Waals surface area contributed by atoms with Gasteiger partial charge in [0.05, 0.1) is 6.42 Å². The van der Waals surface area contributed by atoms with Crippen molar-refractivity contribution < 1.29 is 4.79 Å². The Kier molecular flexibility index (Phi) is 4.24. The maximum atomic E-state index is 12.6. The van der Waals surface area contributed by atoms with Gasteiger partial charge in [0.15, 0.2) is 0 Å². The van der Waals surface area contributed by atoms with Gasteiger partial charge in [-0.15, -0.1) is 0 Å². The predicted octanol–water partition coefficient (Wildman–Crippen LogP) is 2.65. The minimum Gasteiger partial charge on any atom is -0.389 e. The number of amides is 1. The third-order valence-corrected chi connectivity index (χ3v) is 5.14. The smallest absolute Gasteiger partial charge is 0.227 e. The Morgan fingerprint density at radius 2 is 1.90 bits per heavy atom. The summed E-state index contributed by atoms with van der Waals surface area (Å²) in [5, 5.41) is 0. The lowest BCUT2D eigenvalue weighted by molar-refractivity contribution is -0.135. The van der Waals surface area contributed by atoms with Gasteiger partial charge < -0.3 is 10.6 Å². The molecule has 0 bridgehead atoms. The molecular formula is C17H22N2OS. The minimum absolute atomic E-state index is 0.273. The van der Waals surface area contributed by atoms with Crippen LogP contribution in [-0.4, -0.2) is 28.4 Å². The first-order valence-corrected chi connectivity index (χ1v) is 8.24. The van der Waals surface area contributed by atoms with E-state index in [1.54, 1.807) is 0 Å². The second kappa shape index (κ2) is 6.14. The van der Waals surface area contributed by atoms with Crippen molar-refractivity contribution in [2.45, 2.75) is 44.6 Å². The number of fused-ring (bicyclic) bond motifs is 1. The molecular weight excluding hydrogens is 280 g/mol. The molecule has 2 fully saturated rings. The Balaban J connectivity index is 1.66. The SMILES string of the molecule is NC(=S)c1ccc(CC(=O)N2CCCC3CCCC32)cc1. The van der Waals surface area contributed by atoms with E-state index in [1.165, 1.54) is 25.7 Å². The standard InChI is InChI=1S/C17H22N2OS/c18-17(21)14-8-6-12(7-9-14)11-16(20)19-10-2-4-13-3-1-5-15(13)19/h6-9,13,15H,1-5,10-11H2,(H2,18,21). The van der Waals surface area contributed by atoms with Gasteiger partial charge in [0.25, 0.3) is 0 Å². The molecule has 1 aromatic rings. The van der Waals surface area contributed by atoms with Crippen molar-refractivity contribution in [3.05, 3.63) is 35.4 Å². The first kappa shape index (κ1) is 14.5. The van der Waals surface area contributed by atoms with E-state index in [4.69, 9.17) is 18.0 Å². The highest BCUT2D eigenvalue weighted by molar-refractivity contribution is 7.80. The third kappa shape index (κ3) is 3.10. The normalized spacial score (nSPS) is 24.7. The zero-order chi connectivity index (χ0) is 14.8. The lowest BCUT2D eigenvalue weighted by Crippen LogP contribution is -2.46. The van der Waals surface area contributed by atoms with Gasteiger partial charge in [-0.2, -0.15) is 0 Å². The molecule has 21 heavy (non-hydrogen) atoms. The summed E-state index contributed by atoms with van der Waals surface area (Å²) < 4.78 is 0. The highest BCUT2D eigenvalue weighted by Crippen LogP contribution is 2.36. The lowest BCUT2D eigenvalue weighted by Gasteiger charge is -2.38. The Hall–Kier alpha value is -1.42. The third-order valence-electron chi connectivity index (χ3n) is 4.91. The van der Waals surface area contributed by atoms with Gasteiger partial charge >= 0.3 is 0 Å². The summed E-state index contributed by atoms with van der Waals surface area (Å²) in [7, 11) is 0. The van der Waals surface area contributed by atoms with E-state index in [9.17, 15) is 4.79 Å². The van der Waals surface area contributed by atoms with Crippen LogP contribution in [0.5, 0.6) is 0 Å². The van der Waals surface area contributed by atoms with Crippen LogP contribution < -0.4 is 5.73 Å². The first-order chi connectivity index (χ1) is 10.1. The molecule has 1 heterocycles. The number of hydrogen-bond acceptors (Lipinski definition) is 2. The highest BCUT2D eigenvalue weighted by Gasteiger charge is 2.36. The van der Waals surface area contributed by atoms with Crippen LogP contribution in [0.4, 0.5) is 0 Å². The highest BCUT2D eigenvalue weighted by atomic mass is 32.1. The molecule has 1 aromatic carbocycles. The molecule has 1 aliphatic carbocycles. The molecule has 0 spiro atoms. The topological polar surface area (TPSA) is 46.3 Å². The fraction of sp³-hybridized carbons (Fsp3) is 0.529. The summed E-state index contributed by atoms with van der Waals surface area (Å²) in [5.74, 6) is 1.02. The predicted molar refractivity (Wildman–Crippen MR) is 88.1 cm³/mol. The van der Waals surface area contributed by atoms with Crippen molar-refractivity contribution in [2.75, 3.05) is 6.54 Å². The number of nitrogens with zero attached hydrogens (tertiary/aromatic N) is 1. The second-order valence-corrected chi connectivity index (χ2v) is 6.67. The zero-order valence-electron chi connectivity index (χ0n) is 12.3. The van der Waals surface area contributed by atoms with Crippen LogP contribution in [0, 0.1) is 5.92 Å². The molecule has 3 rings (SSSR count). The van der Waals surface area contributed by atoms with Gasteiger partial charge in [0, 0.05) is 18.2 Å². The van der Waals surface area contributed by atoms with Crippen molar-refractivity contribution >= 4 is 23.1 Å². The fourth-order valence-electron chi connectivity index (χ4n) is 3.83. The summed E-state index contributed by atoms with van der Waals surface area (Å²) >= 11 is 4.95. The Bertz CT molecular complexity index is 540. The number of benzene rings is 1. The summed E-state index contributed by atoms with van der Waals surface area (Å²) in [6, 6.07) is 8.23. The number of rotatable bonds is 3. The van der Waals surface area contributed by atoms with E-state index in [-0.39, 0.29) is 5.91 Å². The summed E-state index contributed by atoms with van der Waals surface area (Å²) in [6.45, 7) is 0.935. The van der Waals surface area contributed by atoms with Crippen molar-refractivity contribution in [3.8, 4) is 0 Å². The molecule has 3 nitrogen and oxygen atoms in total. The number of nitrogens with two attached hydrogens (primary N) is 1. The van der Waals surface area contributed by atoms with Gasteiger partial charge in [-0.1, -0.05) is 42.9 Å². The Morgan fingerprint density at radius 3 is 2.62 bits per heavy atom. The molecule has 112 valence electrons. The molecule has 1 saturated heterocycles. The number of piperidine rings is 1. The van der Waals surface area contributed by atoms with Crippen molar-refractivity contribution in [3.63, 3.8) is 0 Å². The summed E-state index contributed by atoms with van der Waals surface area (Å²) in [6.07, 6.45) is 6.72. The Labute approximate surface area is 131 Å². The lowest BCUT2D eigenvalue weighted by atomic mass is 9.91. The average Bonchev–Trinajstić information content (AvgIpc) is 2.96. The molecule has 0 radical (unpaired) electrons. The number of likely N-dealkylation sites (tertiary alicyclic amines) is 1. The molecule has 2 unspecified atom stereocenters. The van der Waals surface area contributed by atoms with Crippen LogP contribution in [0.1, 0.15) is 43.2 Å². The number of thiocarbonyl (C=S) groups is 1. The van der Waals surface area contributed by atoms with E-state index < -0.39 is 0 Å². The zero-order valence-corrected chi connectivity index (χ0v) is 13.1. The molecule has 1 saturated carbocycles. The summed E-state index contributed by atoms with van der Waals surface area (Å²) in [5.41, 5.74) is 7.49. The first-order valence-electron chi connectivity index (χ1n) is 7.83. The monoisotopic (exact) mass is 302 g/mol. The van der Waals surface area contributed by atoms with Crippen molar-refractivity contribution in [1.82, 2.24) is 4.90 Å². The van der Waals surface area contributed by atoms with Crippen LogP contribution in [0.25, 0.3) is 0 Å². The fourth-order valence-corrected chi connectivity index (χ4v) is 3.96. The average molecular weight is 302 g/mol. The van der Waals surface area contributed by atoms with Crippen molar-refractivity contribution in [2.24, 2.45) is 11.7 Å². The number of carbonyl (C=O) groups excluding carboxylic acids is 1. The molecule has 1 aliphatic heterocycles. The minimum atomic E-state index is 0.273. The van der Waals surface area contributed by atoms with Gasteiger partial charge in [-0.3, -0.25) is 4.79 Å². The molecule has 2 N–H and O–H groups in total. The maximum absolute atomic E-state index is 12.6. The van der Waals surface area contributed by atoms with Crippen LogP contribution in [0.3, 0.4) is 0 Å². The quantitative estimate of drug-likeness (QED) is 0.873. The van der Waals surface area contributed by atoms with E-state index >= 15 is 0 Å². The van der Waals surface area contributed by atoms with Crippen LogP contribution in [0.2, 0.25) is 0 Å². The molecule has 2 atom stereocenters. The molecule has 4 heteroatoms. The molecule has 1 amide bonds. The summed E-state index contributed by atoms with van der Waals surface area (Å²) in [4.78, 5) is 15.1. The van der Waals surface area contributed by atoms with Gasteiger partial charge in [0.1, 0.15) is 4.99 Å². The Morgan fingerprint density at radius 1 is 1.19 bits per heavy atom. The van der Waals surface area contributed by atoms with Crippen LogP contribution in [0.15, 0.2) is 24.3 Å². The second-order valence-electron chi connectivity index (χ2n) is 6.23. The van der Waals surface area contributed by atoms with E-state index in [1.807, 2.05) is 24.3 Å². The number of carbonyl (C=O) groups is 1.